The van der Waals surface area contributed by atoms with Crippen LogP contribution in [0.3, 0.4) is 0 Å². The number of benzene rings is 1. The minimum absolute atomic E-state index is 0.161. The zero-order valence-electron chi connectivity index (χ0n) is 11.3. The first kappa shape index (κ1) is 13.9. The lowest BCUT2D eigenvalue weighted by atomic mass is 9.89. The average molecular weight is 261 g/mol. The van der Waals surface area contributed by atoms with Crippen LogP contribution in [0.4, 0.5) is 0 Å². The number of hydrogen-bond donors (Lipinski definition) is 3. The third kappa shape index (κ3) is 4.24. The van der Waals surface area contributed by atoms with Crippen LogP contribution in [0, 0.1) is 5.92 Å². The van der Waals surface area contributed by atoms with E-state index in [1.807, 2.05) is 18.2 Å². The minimum Gasteiger partial charge on any atom is -0.409 e. The Balaban J connectivity index is 1.82. The highest BCUT2D eigenvalue weighted by Gasteiger charge is 2.12. The average Bonchev–Trinajstić information content (AvgIpc) is 2.48. The van der Waals surface area contributed by atoms with E-state index in [0.29, 0.717) is 0 Å². The Morgan fingerprint density at radius 1 is 1.32 bits per heavy atom. The molecule has 1 aromatic rings. The maximum absolute atomic E-state index is 8.67. The van der Waals surface area contributed by atoms with E-state index >= 15 is 0 Å². The molecule has 0 aliphatic heterocycles. The molecule has 0 unspecified atom stereocenters. The molecular weight excluding hydrogens is 238 g/mol. The summed E-state index contributed by atoms with van der Waals surface area (Å²) in [5, 5.41) is 15.2. The van der Waals surface area contributed by atoms with Gasteiger partial charge in [-0.05, 0) is 36.9 Å². The zero-order chi connectivity index (χ0) is 13.5. The second kappa shape index (κ2) is 7.14. The summed E-state index contributed by atoms with van der Waals surface area (Å²) >= 11 is 0. The van der Waals surface area contributed by atoms with Crippen LogP contribution in [0.2, 0.25) is 0 Å². The standard InChI is InChI=1S/C15H23N3O/c16-15(18-19)14-8-4-7-13(9-14)11-17-10-12-5-2-1-3-6-12/h4,7-9,12,17,19H,1-3,5-6,10-11H2,(H2,16,18). The third-order valence-electron chi connectivity index (χ3n) is 3.82. The summed E-state index contributed by atoms with van der Waals surface area (Å²) in [7, 11) is 0. The molecule has 4 N–H and O–H groups in total. The van der Waals surface area contributed by atoms with Crippen molar-refractivity contribution >= 4 is 5.84 Å². The highest BCUT2D eigenvalue weighted by molar-refractivity contribution is 5.97. The van der Waals surface area contributed by atoms with Crippen LogP contribution in [0.25, 0.3) is 0 Å². The molecule has 0 atom stereocenters. The smallest absolute Gasteiger partial charge is 0.170 e. The molecule has 19 heavy (non-hydrogen) atoms. The molecule has 0 spiro atoms. The predicted molar refractivity (Wildman–Crippen MR) is 77.2 cm³/mol. The van der Waals surface area contributed by atoms with E-state index in [-0.39, 0.29) is 5.84 Å². The van der Waals surface area contributed by atoms with Crippen LogP contribution in [0.1, 0.15) is 43.2 Å². The van der Waals surface area contributed by atoms with E-state index < -0.39 is 0 Å². The Kier molecular flexibility index (Phi) is 5.21. The molecule has 0 saturated heterocycles. The Labute approximate surface area is 114 Å². The molecule has 4 nitrogen and oxygen atoms in total. The third-order valence-corrected chi connectivity index (χ3v) is 3.82. The van der Waals surface area contributed by atoms with Gasteiger partial charge in [-0.15, -0.1) is 0 Å². The van der Waals surface area contributed by atoms with Gasteiger partial charge in [0, 0.05) is 12.1 Å². The number of hydrogen-bond acceptors (Lipinski definition) is 3. The quantitative estimate of drug-likeness (QED) is 0.330. The topological polar surface area (TPSA) is 70.6 Å². The van der Waals surface area contributed by atoms with Gasteiger partial charge in [0.2, 0.25) is 0 Å². The van der Waals surface area contributed by atoms with Crippen LogP contribution in [-0.4, -0.2) is 17.6 Å². The molecule has 4 heteroatoms. The van der Waals surface area contributed by atoms with Gasteiger partial charge >= 0.3 is 0 Å². The van der Waals surface area contributed by atoms with Gasteiger partial charge in [-0.1, -0.05) is 42.6 Å². The highest BCUT2D eigenvalue weighted by atomic mass is 16.4. The van der Waals surface area contributed by atoms with E-state index in [2.05, 4.69) is 16.5 Å². The Bertz CT molecular complexity index is 425. The Hall–Kier alpha value is -1.55. The van der Waals surface area contributed by atoms with Crippen molar-refractivity contribution in [3.63, 3.8) is 0 Å². The van der Waals surface area contributed by atoms with Gasteiger partial charge in [0.1, 0.15) is 0 Å². The van der Waals surface area contributed by atoms with Crippen molar-refractivity contribution in [3.8, 4) is 0 Å². The van der Waals surface area contributed by atoms with E-state index in [9.17, 15) is 0 Å². The van der Waals surface area contributed by atoms with Gasteiger partial charge in [-0.3, -0.25) is 0 Å². The molecule has 104 valence electrons. The fourth-order valence-corrected chi connectivity index (χ4v) is 2.71. The summed E-state index contributed by atoms with van der Waals surface area (Å²) < 4.78 is 0. The zero-order valence-corrected chi connectivity index (χ0v) is 11.3. The van der Waals surface area contributed by atoms with Crippen LogP contribution in [0.15, 0.2) is 29.4 Å². The minimum atomic E-state index is 0.161. The molecular formula is C15H23N3O. The summed E-state index contributed by atoms with van der Waals surface area (Å²) in [6, 6.07) is 7.80. The maximum Gasteiger partial charge on any atom is 0.170 e. The van der Waals surface area contributed by atoms with Gasteiger partial charge in [-0.25, -0.2) is 0 Å². The molecule has 1 aliphatic carbocycles. The van der Waals surface area contributed by atoms with E-state index in [1.54, 1.807) is 0 Å². The molecule has 0 amide bonds. The van der Waals surface area contributed by atoms with Gasteiger partial charge in [-0.2, -0.15) is 0 Å². The lowest BCUT2D eigenvalue weighted by Gasteiger charge is -2.21. The molecule has 1 saturated carbocycles. The molecule has 0 aromatic heterocycles. The number of oxime groups is 1. The summed E-state index contributed by atoms with van der Waals surface area (Å²) in [4.78, 5) is 0. The lowest BCUT2D eigenvalue weighted by molar-refractivity contribution is 0.318. The highest BCUT2D eigenvalue weighted by Crippen LogP contribution is 2.22. The first-order chi connectivity index (χ1) is 9.29. The Morgan fingerprint density at radius 3 is 2.84 bits per heavy atom. The number of rotatable bonds is 5. The summed E-state index contributed by atoms with van der Waals surface area (Å²) in [5.74, 6) is 0.995. The summed E-state index contributed by atoms with van der Waals surface area (Å²) in [6.45, 7) is 1.93. The fourth-order valence-electron chi connectivity index (χ4n) is 2.71. The predicted octanol–water partition coefficient (Wildman–Crippen LogP) is 2.45. The fraction of sp³-hybridized carbons (Fsp3) is 0.533. The second-order valence-corrected chi connectivity index (χ2v) is 5.32. The molecule has 1 aliphatic rings. The van der Waals surface area contributed by atoms with Gasteiger partial charge in [0.25, 0.3) is 0 Å². The molecule has 1 fully saturated rings. The van der Waals surface area contributed by atoms with Crippen molar-refractivity contribution in [2.75, 3.05) is 6.54 Å². The first-order valence-electron chi connectivity index (χ1n) is 7.07. The largest absolute Gasteiger partial charge is 0.409 e. The Morgan fingerprint density at radius 2 is 2.11 bits per heavy atom. The van der Waals surface area contributed by atoms with Crippen LogP contribution in [0.5, 0.6) is 0 Å². The summed E-state index contributed by atoms with van der Waals surface area (Å²) in [6.07, 6.45) is 6.88. The SMILES string of the molecule is NC(=NO)c1cccc(CNCC2CCCCC2)c1. The van der Waals surface area contributed by atoms with Crippen molar-refractivity contribution < 1.29 is 5.21 Å². The molecule has 0 bridgehead atoms. The van der Waals surface area contributed by atoms with Gasteiger partial charge in [0.05, 0.1) is 0 Å². The van der Waals surface area contributed by atoms with Gasteiger partial charge < -0.3 is 16.3 Å². The van der Waals surface area contributed by atoms with Crippen molar-refractivity contribution in [2.45, 2.75) is 38.6 Å². The number of amidine groups is 1. The lowest BCUT2D eigenvalue weighted by Crippen LogP contribution is -2.24. The van der Waals surface area contributed by atoms with Crippen molar-refractivity contribution in [3.05, 3.63) is 35.4 Å². The number of nitrogens with one attached hydrogen (secondary N) is 1. The maximum atomic E-state index is 8.67. The van der Waals surface area contributed by atoms with Crippen molar-refractivity contribution in [1.82, 2.24) is 5.32 Å². The van der Waals surface area contributed by atoms with Crippen LogP contribution >= 0.6 is 0 Å². The van der Waals surface area contributed by atoms with E-state index in [1.165, 1.54) is 37.7 Å². The van der Waals surface area contributed by atoms with Gasteiger partial charge in [0.15, 0.2) is 5.84 Å². The van der Waals surface area contributed by atoms with E-state index in [4.69, 9.17) is 10.9 Å². The molecule has 1 aromatic carbocycles. The number of nitrogens with zero attached hydrogens (tertiary/aromatic N) is 1. The van der Waals surface area contributed by atoms with Crippen LogP contribution in [-0.2, 0) is 6.54 Å². The monoisotopic (exact) mass is 261 g/mol. The molecule has 0 heterocycles. The van der Waals surface area contributed by atoms with E-state index in [0.717, 1.165) is 24.6 Å². The molecule has 2 rings (SSSR count). The van der Waals surface area contributed by atoms with Crippen molar-refractivity contribution in [2.24, 2.45) is 16.8 Å². The second-order valence-electron chi connectivity index (χ2n) is 5.32. The first-order valence-corrected chi connectivity index (χ1v) is 7.07. The van der Waals surface area contributed by atoms with Crippen molar-refractivity contribution in [1.29, 1.82) is 0 Å². The number of nitrogens with two attached hydrogens (primary N) is 1. The normalized spacial score (nSPS) is 17.6. The molecule has 0 radical (unpaired) electrons. The van der Waals surface area contributed by atoms with Crippen LogP contribution < -0.4 is 11.1 Å². The summed E-state index contributed by atoms with van der Waals surface area (Å²) in [5.41, 5.74) is 7.52.